The summed E-state index contributed by atoms with van der Waals surface area (Å²) in [4.78, 5) is 11.9. The van der Waals surface area contributed by atoms with E-state index >= 15 is 0 Å². The highest BCUT2D eigenvalue weighted by Gasteiger charge is 2.07. The zero-order valence-electron chi connectivity index (χ0n) is 10.2. The number of nitrogens with zero attached hydrogens (tertiary/aromatic N) is 1. The minimum atomic E-state index is -0.430. The van der Waals surface area contributed by atoms with E-state index in [2.05, 4.69) is 26.6 Å². The molecule has 20 heavy (non-hydrogen) atoms. The van der Waals surface area contributed by atoms with E-state index in [0.717, 1.165) is 4.47 Å². The standard InChI is InChI=1S/C14H9BrClN3O/c15-10-4-5-12(16)13(7-10)19-14(20)18-11-3-1-2-9(6-11)8-17/h1-7H,(H2,18,19,20). The maximum absolute atomic E-state index is 11.9. The lowest BCUT2D eigenvalue weighted by Crippen LogP contribution is -2.19. The Balaban J connectivity index is 2.09. The summed E-state index contributed by atoms with van der Waals surface area (Å²) in [5.74, 6) is 0. The number of rotatable bonds is 2. The van der Waals surface area contributed by atoms with E-state index in [-0.39, 0.29) is 0 Å². The lowest BCUT2D eigenvalue weighted by molar-refractivity contribution is 0.262. The van der Waals surface area contributed by atoms with Gasteiger partial charge in [-0.3, -0.25) is 0 Å². The van der Waals surface area contributed by atoms with Crippen molar-refractivity contribution in [1.82, 2.24) is 0 Å². The minimum Gasteiger partial charge on any atom is -0.308 e. The maximum atomic E-state index is 11.9. The Morgan fingerprint density at radius 1 is 1.20 bits per heavy atom. The molecular weight excluding hydrogens is 342 g/mol. The molecule has 4 nitrogen and oxygen atoms in total. The summed E-state index contributed by atoms with van der Waals surface area (Å²) < 4.78 is 0.809. The van der Waals surface area contributed by atoms with E-state index in [1.807, 2.05) is 6.07 Å². The summed E-state index contributed by atoms with van der Waals surface area (Å²) in [6, 6.07) is 13.4. The van der Waals surface area contributed by atoms with Gasteiger partial charge in [0, 0.05) is 10.2 Å². The second-order valence-corrected chi connectivity index (χ2v) is 5.22. The third kappa shape index (κ3) is 3.73. The molecule has 6 heteroatoms. The molecule has 2 N–H and O–H groups in total. The van der Waals surface area contributed by atoms with E-state index in [4.69, 9.17) is 16.9 Å². The first-order valence-corrected chi connectivity index (χ1v) is 6.79. The molecular formula is C14H9BrClN3O. The summed E-state index contributed by atoms with van der Waals surface area (Å²) in [7, 11) is 0. The Bertz CT molecular complexity index is 697. The molecule has 0 saturated carbocycles. The van der Waals surface area contributed by atoms with Gasteiger partial charge < -0.3 is 10.6 Å². The molecule has 0 aromatic heterocycles. The molecule has 0 aliphatic carbocycles. The molecule has 0 heterocycles. The van der Waals surface area contributed by atoms with Gasteiger partial charge in [-0.1, -0.05) is 33.6 Å². The van der Waals surface area contributed by atoms with Gasteiger partial charge >= 0.3 is 6.03 Å². The largest absolute Gasteiger partial charge is 0.323 e. The molecule has 0 saturated heterocycles. The molecule has 2 rings (SSSR count). The summed E-state index contributed by atoms with van der Waals surface area (Å²) in [6.45, 7) is 0. The minimum absolute atomic E-state index is 0.430. The van der Waals surface area contributed by atoms with Crippen LogP contribution in [0.25, 0.3) is 0 Å². The van der Waals surface area contributed by atoms with Gasteiger partial charge in [0.25, 0.3) is 0 Å². The van der Waals surface area contributed by atoms with Gasteiger partial charge in [0.05, 0.1) is 22.3 Å². The predicted molar refractivity (Wildman–Crippen MR) is 83.0 cm³/mol. The quantitative estimate of drug-likeness (QED) is 0.830. The Labute approximate surface area is 129 Å². The average molecular weight is 351 g/mol. The van der Waals surface area contributed by atoms with Crippen molar-refractivity contribution in [1.29, 1.82) is 5.26 Å². The molecule has 0 fully saturated rings. The van der Waals surface area contributed by atoms with Crippen LogP contribution >= 0.6 is 27.5 Å². The number of carbonyl (C=O) groups excluding carboxylic acids is 1. The second kappa shape index (κ2) is 6.42. The normalized spacial score (nSPS) is 9.65. The summed E-state index contributed by atoms with van der Waals surface area (Å²) in [6.07, 6.45) is 0. The smallest absolute Gasteiger partial charge is 0.308 e. The third-order valence-electron chi connectivity index (χ3n) is 2.43. The third-order valence-corrected chi connectivity index (χ3v) is 3.25. The van der Waals surface area contributed by atoms with Crippen LogP contribution in [0.15, 0.2) is 46.9 Å². The average Bonchev–Trinajstić information content (AvgIpc) is 2.43. The van der Waals surface area contributed by atoms with Crippen molar-refractivity contribution in [2.24, 2.45) is 0 Å². The van der Waals surface area contributed by atoms with Gasteiger partial charge in [-0.05, 0) is 36.4 Å². The van der Waals surface area contributed by atoms with E-state index in [9.17, 15) is 4.79 Å². The van der Waals surface area contributed by atoms with Gasteiger partial charge in [-0.25, -0.2) is 4.79 Å². The van der Waals surface area contributed by atoms with Gasteiger partial charge in [-0.2, -0.15) is 5.26 Å². The van der Waals surface area contributed by atoms with Crippen LogP contribution in [-0.2, 0) is 0 Å². The summed E-state index contributed by atoms with van der Waals surface area (Å²) in [5.41, 5.74) is 1.51. The zero-order chi connectivity index (χ0) is 14.5. The van der Waals surface area contributed by atoms with Crippen LogP contribution in [0.1, 0.15) is 5.56 Å². The molecule has 2 amide bonds. The fourth-order valence-electron chi connectivity index (χ4n) is 1.54. The first kappa shape index (κ1) is 14.4. The fourth-order valence-corrected chi connectivity index (χ4v) is 2.07. The Kier molecular flexibility index (Phi) is 4.61. The van der Waals surface area contributed by atoms with Crippen LogP contribution in [-0.4, -0.2) is 6.03 Å². The van der Waals surface area contributed by atoms with Crippen molar-refractivity contribution in [2.45, 2.75) is 0 Å². The van der Waals surface area contributed by atoms with Crippen molar-refractivity contribution < 1.29 is 4.79 Å². The Morgan fingerprint density at radius 2 is 2.00 bits per heavy atom. The van der Waals surface area contributed by atoms with Crippen LogP contribution < -0.4 is 10.6 Å². The van der Waals surface area contributed by atoms with Crippen LogP contribution in [0.5, 0.6) is 0 Å². The highest BCUT2D eigenvalue weighted by Crippen LogP contribution is 2.25. The first-order chi connectivity index (χ1) is 9.58. The fraction of sp³-hybridized carbons (Fsp3) is 0. The number of anilines is 2. The van der Waals surface area contributed by atoms with E-state index in [1.165, 1.54) is 0 Å². The summed E-state index contributed by atoms with van der Waals surface area (Å²) >= 11 is 9.29. The van der Waals surface area contributed by atoms with Crippen molar-refractivity contribution >= 4 is 44.9 Å². The highest BCUT2D eigenvalue weighted by atomic mass is 79.9. The molecule has 0 atom stereocenters. The van der Waals surface area contributed by atoms with Crippen molar-refractivity contribution in [3.63, 3.8) is 0 Å². The number of carbonyl (C=O) groups is 1. The molecule has 2 aromatic rings. The number of nitriles is 1. The molecule has 0 unspecified atom stereocenters. The van der Waals surface area contributed by atoms with Crippen LogP contribution in [0.3, 0.4) is 0 Å². The molecule has 0 aliphatic rings. The molecule has 100 valence electrons. The van der Waals surface area contributed by atoms with Crippen LogP contribution in [0.4, 0.5) is 16.2 Å². The van der Waals surface area contributed by atoms with Crippen LogP contribution in [0, 0.1) is 11.3 Å². The molecule has 0 bridgehead atoms. The topological polar surface area (TPSA) is 64.9 Å². The van der Waals surface area contributed by atoms with Crippen LogP contribution in [0.2, 0.25) is 5.02 Å². The van der Waals surface area contributed by atoms with Crippen molar-refractivity contribution in [3.8, 4) is 6.07 Å². The Hall–Kier alpha value is -2.03. The van der Waals surface area contributed by atoms with E-state index in [1.54, 1.807) is 42.5 Å². The number of hydrogen-bond acceptors (Lipinski definition) is 2. The number of urea groups is 1. The molecule has 0 aliphatic heterocycles. The second-order valence-electron chi connectivity index (χ2n) is 3.90. The number of benzene rings is 2. The zero-order valence-corrected chi connectivity index (χ0v) is 12.5. The monoisotopic (exact) mass is 349 g/mol. The lowest BCUT2D eigenvalue weighted by Gasteiger charge is -2.09. The highest BCUT2D eigenvalue weighted by molar-refractivity contribution is 9.10. The van der Waals surface area contributed by atoms with Crippen molar-refractivity contribution in [2.75, 3.05) is 10.6 Å². The first-order valence-electron chi connectivity index (χ1n) is 5.62. The number of nitrogens with one attached hydrogen (secondary N) is 2. The van der Waals surface area contributed by atoms with Gasteiger partial charge in [0.1, 0.15) is 0 Å². The number of halogens is 2. The van der Waals surface area contributed by atoms with Crippen molar-refractivity contribution in [3.05, 3.63) is 57.5 Å². The summed E-state index contributed by atoms with van der Waals surface area (Å²) in [5, 5.41) is 14.5. The molecule has 0 spiro atoms. The molecule has 0 radical (unpaired) electrons. The molecule has 2 aromatic carbocycles. The Morgan fingerprint density at radius 3 is 2.75 bits per heavy atom. The SMILES string of the molecule is N#Cc1cccc(NC(=O)Nc2cc(Br)ccc2Cl)c1. The van der Waals surface area contributed by atoms with Gasteiger partial charge in [0.15, 0.2) is 0 Å². The van der Waals surface area contributed by atoms with Gasteiger partial charge in [0.2, 0.25) is 0 Å². The predicted octanol–water partition coefficient (Wildman–Crippen LogP) is 4.62. The number of hydrogen-bond donors (Lipinski definition) is 2. The maximum Gasteiger partial charge on any atom is 0.323 e. The number of amides is 2. The van der Waals surface area contributed by atoms with E-state index in [0.29, 0.717) is 22.0 Å². The lowest BCUT2D eigenvalue weighted by atomic mass is 10.2. The van der Waals surface area contributed by atoms with Gasteiger partial charge in [-0.15, -0.1) is 0 Å². The van der Waals surface area contributed by atoms with E-state index < -0.39 is 6.03 Å².